The lowest BCUT2D eigenvalue weighted by Gasteiger charge is -2.19. The van der Waals surface area contributed by atoms with Crippen molar-refractivity contribution in [1.82, 2.24) is 5.32 Å². The summed E-state index contributed by atoms with van der Waals surface area (Å²) >= 11 is 3.20. The monoisotopic (exact) mass is 357 g/mol. The molecule has 0 aliphatic carbocycles. The molecule has 0 spiro atoms. The first-order chi connectivity index (χ1) is 10.0. The molecule has 1 nitrogen and oxygen atoms in total. The molecule has 0 amide bonds. The van der Waals surface area contributed by atoms with E-state index in [1.54, 1.807) is 12.1 Å². The van der Waals surface area contributed by atoms with Crippen LogP contribution in [0.25, 0.3) is 0 Å². The van der Waals surface area contributed by atoms with Crippen LogP contribution in [0.1, 0.15) is 24.1 Å². The van der Waals surface area contributed by atoms with E-state index in [0.717, 1.165) is 18.2 Å². The predicted octanol–water partition coefficient (Wildman–Crippen LogP) is 4.76. The minimum absolute atomic E-state index is 0.177. The van der Waals surface area contributed by atoms with Crippen LogP contribution >= 0.6 is 15.9 Å². The van der Waals surface area contributed by atoms with Crippen molar-refractivity contribution in [2.75, 3.05) is 6.54 Å². The van der Waals surface area contributed by atoms with Gasteiger partial charge in [-0.15, -0.1) is 0 Å². The lowest BCUT2D eigenvalue weighted by molar-refractivity contribution is 0.495. The first-order valence-corrected chi connectivity index (χ1v) is 7.42. The lowest BCUT2D eigenvalue weighted by atomic mass is 9.98. The van der Waals surface area contributed by atoms with E-state index in [1.807, 2.05) is 6.92 Å². The molecular weight excluding hydrogens is 343 g/mol. The van der Waals surface area contributed by atoms with Gasteiger partial charge in [-0.2, -0.15) is 0 Å². The second-order valence-corrected chi connectivity index (χ2v) is 5.63. The average Bonchev–Trinajstić information content (AvgIpc) is 2.42. The average molecular weight is 358 g/mol. The highest BCUT2D eigenvalue weighted by Crippen LogP contribution is 2.25. The molecule has 0 aliphatic rings. The van der Waals surface area contributed by atoms with Crippen LogP contribution in [0.4, 0.5) is 13.2 Å². The van der Waals surface area contributed by atoms with Gasteiger partial charge >= 0.3 is 0 Å². The van der Waals surface area contributed by atoms with Crippen LogP contribution < -0.4 is 5.32 Å². The van der Waals surface area contributed by atoms with Crippen LogP contribution in [-0.4, -0.2) is 6.54 Å². The molecule has 2 aromatic carbocycles. The number of hydrogen-bond donors (Lipinski definition) is 1. The Labute approximate surface area is 130 Å². The summed E-state index contributed by atoms with van der Waals surface area (Å²) in [6.45, 7) is 2.48. The zero-order valence-corrected chi connectivity index (χ0v) is 13.1. The second kappa shape index (κ2) is 7.09. The fourth-order valence-corrected chi connectivity index (χ4v) is 2.58. The third kappa shape index (κ3) is 4.08. The van der Waals surface area contributed by atoms with Crippen LogP contribution in [0.2, 0.25) is 0 Å². The molecule has 2 rings (SSSR count). The van der Waals surface area contributed by atoms with Gasteiger partial charge in [0, 0.05) is 16.1 Å². The van der Waals surface area contributed by atoms with Gasteiger partial charge in [-0.05, 0) is 48.9 Å². The molecule has 1 unspecified atom stereocenters. The van der Waals surface area contributed by atoms with Crippen LogP contribution in [0.5, 0.6) is 0 Å². The van der Waals surface area contributed by atoms with Gasteiger partial charge in [0.15, 0.2) is 0 Å². The summed E-state index contributed by atoms with van der Waals surface area (Å²) in [4.78, 5) is 0. The summed E-state index contributed by atoms with van der Waals surface area (Å²) in [7, 11) is 0. The Morgan fingerprint density at radius 2 is 1.81 bits per heavy atom. The van der Waals surface area contributed by atoms with E-state index < -0.39 is 17.7 Å². The number of halogens is 4. The molecule has 21 heavy (non-hydrogen) atoms. The van der Waals surface area contributed by atoms with Crippen molar-refractivity contribution in [3.8, 4) is 0 Å². The van der Waals surface area contributed by atoms with Crippen LogP contribution in [0.15, 0.2) is 40.9 Å². The number of benzene rings is 2. The van der Waals surface area contributed by atoms with Gasteiger partial charge in [0.2, 0.25) is 0 Å². The Hall–Kier alpha value is -1.33. The summed E-state index contributed by atoms with van der Waals surface area (Å²) in [5.74, 6) is -1.37. The van der Waals surface area contributed by atoms with Crippen molar-refractivity contribution >= 4 is 15.9 Å². The van der Waals surface area contributed by atoms with E-state index in [9.17, 15) is 13.2 Å². The van der Waals surface area contributed by atoms with Gasteiger partial charge in [-0.1, -0.05) is 28.9 Å². The summed E-state index contributed by atoms with van der Waals surface area (Å²) in [5, 5.41) is 3.11. The molecule has 0 saturated carbocycles. The van der Waals surface area contributed by atoms with E-state index in [1.165, 1.54) is 6.07 Å². The molecule has 0 aromatic heterocycles. The number of rotatable bonds is 5. The zero-order chi connectivity index (χ0) is 15.4. The molecule has 0 bridgehead atoms. The summed E-state index contributed by atoms with van der Waals surface area (Å²) < 4.78 is 41.7. The molecule has 0 fully saturated rings. The number of likely N-dealkylation sites (N-methyl/N-ethyl adjacent to an activating group) is 1. The Morgan fingerprint density at radius 1 is 1.05 bits per heavy atom. The quantitative estimate of drug-likeness (QED) is 0.813. The maximum absolute atomic E-state index is 14.1. The smallest absolute Gasteiger partial charge is 0.129 e. The summed E-state index contributed by atoms with van der Waals surface area (Å²) in [6, 6.07) is 7.62. The van der Waals surface area contributed by atoms with Crippen molar-refractivity contribution in [3.63, 3.8) is 0 Å². The maximum Gasteiger partial charge on any atom is 0.129 e. The molecule has 0 aliphatic heterocycles. The third-order valence-corrected chi connectivity index (χ3v) is 3.71. The molecule has 0 saturated heterocycles. The molecule has 1 atom stereocenters. The maximum atomic E-state index is 14.1. The Kier molecular flexibility index (Phi) is 5.42. The van der Waals surface area contributed by atoms with Crippen molar-refractivity contribution < 1.29 is 13.2 Å². The van der Waals surface area contributed by atoms with Crippen LogP contribution in [-0.2, 0) is 6.42 Å². The molecule has 0 radical (unpaired) electrons. The highest BCUT2D eigenvalue weighted by Gasteiger charge is 2.18. The van der Waals surface area contributed by atoms with E-state index in [-0.39, 0.29) is 17.8 Å². The van der Waals surface area contributed by atoms with E-state index in [2.05, 4.69) is 21.2 Å². The SMILES string of the molecule is CCNC(Cc1cc(F)ccc1F)c1ccc(Br)cc1F. The lowest BCUT2D eigenvalue weighted by Crippen LogP contribution is -2.24. The Balaban J connectivity index is 2.32. The molecular formula is C16H15BrF3N. The van der Waals surface area contributed by atoms with Gasteiger partial charge < -0.3 is 5.32 Å². The van der Waals surface area contributed by atoms with Gasteiger partial charge in [-0.3, -0.25) is 0 Å². The third-order valence-electron chi connectivity index (χ3n) is 3.22. The summed E-state index contributed by atoms with van der Waals surface area (Å²) in [5.41, 5.74) is 0.659. The van der Waals surface area contributed by atoms with Crippen LogP contribution in [0, 0.1) is 17.5 Å². The van der Waals surface area contributed by atoms with Gasteiger partial charge in [0.25, 0.3) is 0 Å². The van der Waals surface area contributed by atoms with E-state index in [0.29, 0.717) is 16.6 Å². The van der Waals surface area contributed by atoms with Gasteiger partial charge in [0.1, 0.15) is 17.5 Å². The Bertz CT molecular complexity index is 631. The minimum Gasteiger partial charge on any atom is -0.310 e. The topological polar surface area (TPSA) is 12.0 Å². The number of nitrogens with one attached hydrogen (secondary N) is 1. The second-order valence-electron chi connectivity index (χ2n) is 4.72. The highest BCUT2D eigenvalue weighted by molar-refractivity contribution is 9.10. The molecule has 5 heteroatoms. The minimum atomic E-state index is -0.502. The highest BCUT2D eigenvalue weighted by atomic mass is 79.9. The van der Waals surface area contributed by atoms with Crippen LogP contribution in [0.3, 0.4) is 0 Å². The van der Waals surface area contributed by atoms with Crippen molar-refractivity contribution in [2.45, 2.75) is 19.4 Å². The van der Waals surface area contributed by atoms with E-state index >= 15 is 0 Å². The van der Waals surface area contributed by atoms with Gasteiger partial charge in [-0.25, -0.2) is 13.2 Å². The first-order valence-electron chi connectivity index (χ1n) is 6.63. The molecule has 2 aromatic rings. The molecule has 112 valence electrons. The number of hydrogen-bond acceptors (Lipinski definition) is 1. The predicted molar refractivity (Wildman–Crippen MR) is 80.6 cm³/mol. The molecule has 1 N–H and O–H groups in total. The van der Waals surface area contributed by atoms with Crippen molar-refractivity contribution in [2.24, 2.45) is 0 Å². The van der Waals surface area contributed by atoms with Gasteiger partial charge in [0.05, 0.1) is 0 Å². The Morgan fingerprint density at radius 3 is 2.48 bits per heavy atom. The zero-order valence-electron chi connectivity index (χ0n) is 11.5. The summed E-state index contributed by atoms with van der Waals surface area (Å²) in [6.07, 6.45) is 0.177. The molecule has 0 heterocycles. The standard InChI is InChI=1S/C16H15BrF3N/c1-2-21-16(13-5-3-11(17)9-15(13)20)8-10-7-12(18)4-6-14(10)19/h3-7,9,16,21H,2,8H2,1H3. The van der Waals surface area contributed by atoms with Crippen molar-refractivity contribution in [1.29, 1.82) is 0 Å². The fraction of sp³-hybridized carbons (Fsp3) is 0.250. The van der Waals surface area contributed by atoms with E-state index in [4.69, 9.17) is 0 Å². The largest absolute Gasteiger partial charge is 0.310 e. The normalized spacial score (nSPS) is 12.4. The van der Waals surface area contributed by atoms with Crippen molar-refractivity contribution in [3.05, 3.63) is 69.4 Å². The first kappa shape index (κ1) is 16.0. The fourth-order valence-electron chi connectivity index (χ4n) is 2.24.